The van der Waals surface area contributed by atoms with Crippen LogP contribution in [0.4, 0.5) is 11.4 Å². The molecule has 2 aromatic rings. The van der Waals surface area contributed by atoms with Gasteiger partial charge in [-0.05, 0) is 11.6 Å². The minimum Gasteiger partial charge on any atom is -0.363 e. The zero-order valence-corrected chi connectivity index (χ0v) is 15.6. The van der Waals surface area contributed by atoms with Crippen molar-refractivity contribution >= 4 is 17.3 Å². The lowest BCUT2D eigenvalue weighted by atomic mass is 10.0. The highest BCUT2D eigenvalue weighted by molar-refractivity contribution is 5.83. The van der Waals surface area contributed by atoms with Gasteiger partial charge in [-0.25, -0.2) is 0 Å². The number of piperazine rings is 1. The molecule has 1 atom stereocenters. The van der Waals surface area contributed by atoms with E-state index >= 15 is 0 Å². The molecule has 1 fully saturated rings. The third kappa shape index (κ3) is 4.09. The molecule has 7 heteroatoms. The van der Waals surface area contributed by atoms with E-state index in [4.69, 9.17) is 0 Å². The summed E-state index contributed by atoms with van der Waals surface area (Å²) in [6.07, 6.45) is 0. The quantitative estimate of drug-likeness (QED) is 0.599. The van der Waals surface area contributed by atoms with Gasteiger partial charge in [-0.2, -0.15) is 0 Å². The molecular weight excluding hydrogens is 344 g/mol. The summed E-state index contributed by atoms with van der Waals surface area (Å²) in [5.41, 5.74) is 1.72. The van der Waals surface area contributed by atoms with Crippen LogP contribution in [0, 0.1) is 10.1 Å². The lowest BCUT2D eigenvalue weighted by Crippen LogP contribution is -2.51. The highest BCUT2D eigenvalue weighted by Crippen LogP contribution is 2.30. The lowest BCUT2D eigenvalue weighted by Gasteiger charge is -2.40. The normalized spacial score (nSPS) is 16.0. The van der Waals surface area contributed by atoms with Crippen molar-refractivity contribution < 1.29 is 9.72 Å². The van der Waals surface area contributed by atoms with Crippen LogP contribution in [0.5, 0.6) is 0 Å². The molecule has 1 aliphatic rings. The van der Waals surface area contributed by atoms with E-state index in [0.717, 1.165) is 5.56 Å². The minimum atomic E-state index is -0.343. The first-order valence-electron chi connectivity index (χ1n) is 8.97. The molecule has 0 N–H and O–H groups in total. The Morgan fingerprint density at radius 2 is 1.59 bits per heavy atom. The van der Waals surface area contributed by atoms with E-state index in [9.17, 15) is 14.9 Å². The van der Waals surface area contributed by atoms with Crippen LogP contribution in [0.3, 0.4) is 0 Å². The monoisotopic (exact) mass is 368 g/mol. The number of carbonyl (C=O) groups is 1. The average Bonchev–Trinajstić information content (AvgIpc) is 2.69. The first-order valence-corrected chi connectivity index (χ1v) is 8.97. The zero-order chi connectivity index (χ0) is 19.4. The van der Waals surface area contributed by atoms with Gasteiger partial charge >= 0.3 is 0 Å². The Morgan fingerprint density at radius 1 is 1.00 bits per heavy atom. The summed E-state index contributed by atoms with van der Waals surface area (Å²) < 4.78 is 0. The molecule has 2 aromatic carbocycles. The van der Waals surface area contributed by atoms with Gasteiger partial charge in [0.1, 0.15) is 11.7 Å². The standard InChI is InChI=1S/C20H24N4O3/c1-21(2)20(25)19(16-8-4-3-5-9-16)23-14-12-22(13-15-23)17-10-6-7-11-18(17)24(26)27/h3-11,19H,12-15H2,1-2H3/t19-/m0/s1. The van der Waals surface area contributed by atoms with Gasteiger partial charge in [0, 0.05) is 46.3 Å². The Kier molecular flexibility index (Phi) is 5.71. The van der Waals surface area contributed by atoms with Crippen LogP contribution < -0.4 is 4.90 Å². The SMILES string of the molecule is CN(C)C(=O)[C@H](c1ccccc1)N1CCN(c2ccccc2[N+](=O)[O-])CC1. The number of nitrogens with zero attached hydrogens (tertiary/aromatic N) is 4. The molecule has 27 heavy (non-hydrogen) atoms. The van der Waals surface area contributed by atoms with Crippen LogP contribution in [-0.2, 0) is 4.79 Å². The first-order chi connectivity index (χ1) is 13.0. The van der Waals surface area contributed by atoms with Crippen LogP contribution in [0.15, 0.2) is 54.6 Å². The Balaban J connectivity index is 1.79. The average molecular weight is 368 g/mol. The second kappa shape index (κ2) is 8.18. The topological polar surface area (TPSA) is 69.9 Å². The van der Waals surface area contributed by atoms with Gasteiger partial charge in [-0.1, -0.05) is 42.5 Å². The van der Waals surface area contributed by atoms with Crippen molar-refractivity contribution in [1.29, 1.82) is 0 Å². The maximum Gasteiger partial charge on any atom is 0.292 e. The molecular formula is C20H24N4O3. The Labute approximate surface area is 158 Å². The molecule has 0 aromatic heterocycles. The van der Waals surface area contributed by atoms with Gasteiger partial charge in [0.25, 0.3) is 5.69 Å². The van der Waals surface area contributed by atoms with Gasteiger partial charge in [0.2, 0.25) is 5.91 Å². The maximum absolute atomic E-state index is 12.8. The van der Waals surface area contributed by atoms with Crippen molar-refractivity contribution in [3.8, 4) is 0 Å². The summed E-state index contributed by atoms with van der Waals surface area (Å²) in [7, 11) is 3.53. The lowest BCUT2D eigenvalue weighted by molar-refractivity contribution is -0.384. The van der Waals surface area contributed by atoms with Crippen LogP contribution in [-0.4, -0.2) is 60.9 Å². The van der Waals surface area contributed by atoms with Crippen LogP contribution in [0.2, 0.25) is 0 Å². The fourth-order valence-corrected chi connectivity index (χ4v) is 3.50. The molecule has 142 valence electrons. The molecule has 1 aliphatic heterocycles. The summed E-state index contributed by atoms with van der Waals surface area (Å²) in [5.74, 6) is 0.0420. The zero-order valence-electron chi connectivity index (χ0n) is 15.6. The van der Waals surface area contributed by atoms with Crippen molar-refractivity contribution in [2.45, 2.75) is 6.04 Å². The highest BCUT2D eigenvalue weighted by Gasteiger charge is 2.32. The predicted molar refractivity (Wildman–Crippen MR) is 105 cm³/mol. The predicted octanol–water partition coefficient (Wildman–Crippen LogP) is 2.55. The number of benzene rings is 2. The first kappa shape index (κ1) is 18.8. The van der Waals surface area contributed by atoms with E-state index in [1.54, 1.807) is 31.1 Å². The van der Waals surface area contributed by atoms with Crippen molar-refractivity contribution in [2.75, 3.05) is 45.2 Å². The Hall–Kier alpha value is -2.93. The molecule has 0 bridgehead atoms. The molecule has 7 nitrogen and oxygen atoms in total. The van der Waals surface area contributed by atoms with E-state index in [1.165, 1.54) is 6.07 Å². The van der Waals surface area contributed by atoms with Gasteiger partial charge in [0.15, 0.2) is 0 Å². The number of likely N-dealkylation sites (N-methyl/N-ethyl adjacent to an activating group) is 1. The van der Waals surface area contributed by atoms with Crippen molar-refractivity contribution in [1.82, 2.24) is 9.80 Å². The van der Waals surface area contributed by atoms with Crippen LogP contribution in [0.1, 0.15) is 11.6 Å². The number of rotatable bonds is 5. The molecule has 1 amide bonds. The summed E-state index contributed by atoms with van der Waals surface area (Å²) in [6, 6.07) is 16.2. The van der Waals surface area contributed by atoms with Gasteiger partial charge < -0.3 is 9.80 Å². The van der Waals surface area contributed by atoms with E-state index in [2.05, 4.69) is 4.90 Å². The second-order valence-corrected chi connectivity index (χ2v) is 6.81. The number of nitro groups is 1. The van der Waals surface area contributed by atoms with Crippen LogP contribution in [0.25, 0.3) is 0 Å². The molecule has 0 spiro atoms. The van der Waals surface area contributed by atoms with Crippen molar-refractivity contribution in [3.63, 3.8) is 0 Å². The highest BCUT2D eigenvalue weighted by atomic mass is 16.6. The van der Waals surface area contributed by atoms with E-state index in [1.807, 2.05) is 41.3 Å². The van der Waals surface area contributed by atoms with Crippen LogP contribution >= 0.6 is 0 Å². The minimum absolute atomic E-state index is 0.0420. The molecule has 0 aliphatic carbocycles. The van der Waals surface area contributed by atoms with Gasteiger partial charge in [-0.15, -0.1) is 0 Å². The summed E-state index contributed by atoms with van der Waals surface area (Å²) in [5, 5.41) is 11.3. The molecule has 0 saturated carbocycles. The molecule has 1 saturated heterocycles. The third-order valence-corrected chi connectivity index (χ3v) is 4.89. The fourth-order valence-electron chi connectivity index (χ4n) is 3.50. The third-order valence-electron chi connectivity index (χ3n) is 4.89. The summed E-state index contributed by atoms with van der Waals surface area (Å²) >= 11 is 0. The molecule has 0 unspecified atom stereocenters. The smallest absolute Gasteiger partial charge is 0.292 e. The molecule has 3 rings (SSSR count). The van der Waals surface area contributed by atoms with E-state index in [-0.39, 0.29) is 22.6 Å². The second-order valence-electron chi connectivity index (χ2n) is 6.81. The van der Waals surface area contributed by atoms with Gasteiger partial charge in [0.05, 0.1) is 4.92 Å². The Morgan fingerprint density at radius 3 is 2.19 bits per heavy atom. The number of carbonyl (C=O) groups excluding carboxylic acids is 1. The Bertz CT molecular complexity index is 802. The van der Waals surface area contributed by atoms with Gasteiger partial charge in [-0.3, -0.25) is 19.8 Å². The largest absolute Gasteiger partial charge is 0.363 e. The number of amides is 1. The number of hydrogen-bond acceptors (Lipinski definition) is 5. The van der Waals surface area contributed by atoms with Crippen molar-refractivity contribution in [3.05, 3.63) is 70.3 Å². The summed E-state index contributed by atoms with van der Waals surface area (Å²) in [6.45, 7) is 2.58. The number of nitro benzene ring substituents is 1. The molecule has 1 heterocycles. The number of para-hydroxylation sites is 2. The number of anilines is 1. The maximum atomic E-state index is 12.8. The van der Waals surface area contributed by atoms with E-state index in [0.29, 0.717) is 31.9 Å². The fraction of sp³-hybridized carbons (Fsp3) is 0.350. The molecule has 0 radical (unpaired) electrons. The summed E-state index contributed by atoms with van der Waals surface area (Å²) in [4.78, 5) is 29.6. The number of hydrogen-bond donors (Lipinski definition) is 0. The van der Waals surface area contributed by atoms with E-state index < -0.39 is 0 Å². The van der Waals surface area contributed by atoms with Crippen molar-refractivity contribution in [2.24, 2.45) is 0 Å².